The summed E-state index contributed by atoms with van der Waals surface area (Å²) in [4.78, 5) is 35.4. The number of nitro groups is 1. The van der Waals surface area contributed by atoms with Gasteiger partial charge in [0, 0.05) is 18.1 Å². The van der Waals surface area contributed by atoms with Gasteiger partial charge in [0.05, 0.1) is 23.3 Å². The molecular formula is C30H31N3O6. The Hall–Kier alpha value is -4.53. The first-order valence-electron chi connectivity index (χ1n) is 12.7. The number of ether oxygens (including phenoxy) is 2. The first-order chi connectivity index (χ1) is 18.6. The highest BCUT2D eigenvalue weighted by atomic mass is 16.6. The van der Waals surface area contributed by atoms with Gasteiger partial charge in [-0.05, 0) is 71.7 Å². The predicted molar refractivity (Wildman–Crippen MR) is 147 cm³/mol. The molecule has 0 aliphatic heterocycles. The number of hydrazone groups is 1. The second-order valence-corrected chi connectivity index (χ2v) is 10.4. The van der Waals surface area contributed by atoms with Crippen molar-refractivity contribution in [1.82, 2.24) is 5.43 Å². The third-order valence-corrected chi connectivity index (χ3v) is 6.50. The Morgan fingerprint density at radius 3 is 2.36 bits per heavy atom. The van der Waals surface area contributed by atoms with Crippen molar-refractivity contribution in [3.63, 3.8) is 0 Å². The summed E-state index contributed by atoms with van der Waals surface area (Å²) in [5.41, 5.74) is 5.81. The minimum Gasteiger partial charge on any atom is -0.490 e. The highest BCUT2D eigenvalue weighted by molar-refractivity contribution is 5.92. The van der Waals surface area contributed by atoms with Crippen molar-refractivity contribution in [1.29, 1.82) is 0 Å². The molecule has 0 spiro atoms. The standard InChI is InChI=1S/C30H31N3O6/c1-5-38-27-16-19(6-15-26(27)39-29(35)21-9-13-23(14-10-21)33(36)37)18-31-32-28(34)25-17-24(25)20-7-11-22(12-8-20)30(2,3)4/h6-16,18,24-25H,5,17H2,1-4H3,(H,32,34)/b31-18-. The van der Waals surface area contributed by atoms with Crippen molar-refractivity contribution >= 4 is 23.8 Å². The lowest BCUT2D eigenvalue weighted by Crippen LogP contribution is -2.20. The van der Waals surface area contributed by atoms with E-state index < -0.39 is 10.9 Å². The summed E-state index contributed by atoms with van der Waals surface area (Å²) < 4.78 is 11.1. The highest BCUT2D eigenvalue weighted by Crippen LogP contribution is 2.47. The summed E-state index contributed by atoms with van der Waals surface area (Å²) in [7, 11) is 0. The molecule has 1 fully saturated rings. The van der Waals surface area contributed by atoms with Gasteiger partial charge in [0.15, 0.2) is 11.5 Å². The Morgan fingerprint density at radius 2 is 1.74 bits per heavy atom. The van der Waals surface area contributed by atoms with Crippen LogP contribution in [-0.2, 0) is 10.2 Å². The Labute approximate surface area is 227 Å². The fourth-order valence-corrected chi connectivity index (χ4v) is 4.17. The molecule has 9 heteroatoms. The van der Waals surface area contributed by atoms with Gasteiger partial charge in [-0.2, -0.15) is 5.10 Å². The molecule has 1 saturated carbocycles. The lowest BCUT2D eigenvalue weighted by atomic mass is 9.86. The number of benzene rings is 3. The van der Waals surface area contributed by atoms with Gasteiger partial charge < -0.3 is 9.47 Å². The van der Waals surface area contributed by atoms with Crippen molar-refractivity contribution in [3.8, 4) is 11.5 Å². The number of esters is 1. The largest absolute Gasteiger partial charge is 0.490 e. The molecule has 2 atom stereocenters. The number of nitrogens with one attached hydrogen (secondary N) is 1. The lowest BCUT2D eigenvalue weighted by molar-refractivity contribution is -0.384. The van der Waals surface area contributed by atoms with Gasteiger partial charge in [0.2, 0.25) is 5.91 Å². The average Bonchev–Trinajstić information content (AvgIpc) is 3.71. The summed E-state index contributed by atoms with van der Waals surface area (Å²) >= 11 is 0. The quantitative estimate of drug-likeness (QED) is 0.124. The molecule has 202 valence electrons. The van der Waals surface area contributed by atoms with Crippen LogP contribution in [0.3, 0.4) is 0 Å². The topological polar surface area (TPSA) is 120 Å². The van der Waals surface area contributed by atoms with Crippen molar-refractivity contribution in [2.75, 3.05) is 6.61 Å². The van der Waals surface area contributed by atoms with E-state index in [-0.39, 0.29) is 40.2 Å². The molecule has 0 bridgehead atoms. The average molecular weight is 530 g/mol. The van der Waals surface area contributed by atoms with E-state index in [4.69, 9.17) is 9.47 Å². The Bertz CT molecular complexity index is 1390. The van der Waals surface area contributed by atoms with E-state index >= 15 is 0 Å². The maximum absolute atomic E-state index is 12.6. The molecule has 0 saturated heterocycles. The monoisotopic (exact) mass is 529 g/mol. The van der Waals surface area contributed by atoms with Gasteiger partial charge >= 0.3 is 5.97 Å². The number of carbonyl (C=O) groups is 2. The van der Waals surface area contributed by atoms with E-state index in [1.807, 2.05) is 0 Å². The van der Waals surface area contributed by atoms with Crippen LogP contribution < -0.4 is 14.9 Å². The normalized spacial score (nSPS) is 16.5. The van der Waals surface area contributed by atoms with Crippen LogP contribution in [-0.4, -0.2) is 29.6 Å². The van der Waals surface area contributed by atoms with E-state index in [2.05, 4.69) is 55.6 Å². The molecule has 3 aromatic carbocycles. The maximum Gasteiger partial charge on any atom is 0.343 e. The highest BCUT2D eigenvalue weighted by Gasteiger charge is 2.44. The summed E-state index contributed by atoms with van der Waals surface area (Å²) in [6, 6.07) is 18.5. The van der Waals surface area contributed by atoms with E-state index in [1.54, 1.807) is 25.1 Å². The zero-order chi connectivity index (χ0) is 28.2. The summed E-state index contributed by atoms with van der Waals surface area (Å²) in [6.45, 7) is 8.65. The SMILES string of the molecule is CCOc1cc(/C=N\NC(=O)C2CC2c2ccc(C(C)(C)C)cc2)ccc1OC(=O)c1ccc([N+](=O)[O-])cc1. The van der Waals surface area contributed by atoms with E-state index in [0.29, 0.717) is 17.9 Å². The van der Waals surface area contributed by atoms with Crippen LogP contribution in [0, 0.1) is 16.0 Å². The Balaban J connectivity index is 1.35. The summed E-state index contributed by atoms with van der Waals surface area (Å²) in [5, 5.41) is 14.9. The van der Waals surface area contributed by atoms with Crippen LogP contribution in [0.2, 0.25) is 0 Å². The molecule has 2 unspecified atom stereocenters. The first-order valence-corrected chi connectivity index (χ1v) is 12.7. The van der Waals surface area contributed by atoms with Gasteiger partial charge in [-0.3, -0.25) is 14.9 Å². The van der Waals surface area contributed by atoms with Crippen LogP contribution in [0.1, 0.15) is 67.1 Å². The van der Waals surface area contributed by atoms with Gasteiger partial charge in [-0.15, -0.1) is 0 Å². The number of hydrogen-bond acceptors (Lipinski definition) is 7. The van der Waals surface area contributed by atoms with Crippen LogP contribution >= 0.6 is 0 Å². The Kier molecular flexibility index (Phi) is 8.09. The number of nitro benzene ring substituents is 1. The van der Waals surface area contributed by atoms with Crippen molar-refractivity contribution in [2.45, 2.75) is 45.4 Å². The lowest BCUT2D eigenvalue weighted by Gasteiger charge is -2.19. The number of nitrogens with zero attached hydrogens (tertiary/aromatic N) is 2. The van der Waals surface area contributed by atoms with Crippen LogP contribution in [0.25, 0.3) is 0 Å². The zero-order valence-electron chi connectivity index (χ0n) is 22.3. The number of rotatable bonds is 9. The van der Waals surface area contributed by atoms with Crippen LogP contribution in [0.5, 0.6) is 11.5 Å². The van der Waals surface area contributed by atoms with Gasteiger partial charge in [0.25, 0.3) is 5.69 Å². The fourth-order valence-electron chi connectivity index (χ4n) is 4.17. The number of amides is 1. The molecule has 0 radical (unpaired) electrons. The second-order valence-electron chi connectivity index (χ2n) is 10.4. The van der Waals surface area contributed by atoms with Crippen molar-refractivity contribution in [3.05, 3.63) is 99.1 Å². The number of non-ortho nitro benzene ring substituents is 1. The predicted octanol–water partition coefficient (Wildman–Crippen LogP) is 5.76. The molecule has 1 aliphatic carbocycles. The van der Waals surface area contributed by atoms with Crippen molar-refractivity contribution in [2.24, 2.45) is 11.0 Å². The molecule has 1 aliphatic rings. The fraction of sp³-hybridized carbons (Fsp3) is 0.300. The van der Waals surface area contributed by atoms with Crippen LogP contribution in [0.4, 0.5) is 5.69 Å². The van der Waals surface area contributed by atoms with E-state index in [0.717, 1.165) is 12.0 Å². The molecule has 3 aromatic rings. The molecule has 9 nitrogen and oxygen atoms in total. The molecule has 4 rings (SSSR count). The molecule has 1 N–H and O–H groups in total. The summed E-state index contributed by atoms with van der Waals surface area (Å²) in [5.74, 6) is -0.198. The molecule has 1 amide bonds. The minimum atomic E-state index is -0.674. The number of carbonyl (C=O) groups excluding carboxylic acids is 2. The first kappa shape index (κ1) is 27.5. The minimum absolute atomic E-state index is 0.0860. The van der Waals surface area contributed by atoms with E-state index in [9.17, 15) is 19.7 Å². The van der Waals surface area contributed by atoms with Gasteiger partial charge in [-0.1, -0.05) is 45.0 Å². The third kappa shape index (κ3) is 6.87. The van der Waals surface area contributed by atoms with Gasteiger partial charge in [0.1, 0.15) is 0 Å². The van der Waals surface area contributed by atoms with Crippen LogP contribution in [0.15, 0.2) is 71.8 Å². The van der Waals surface area contributed by atoms with Crippen molar-refractivity contribution < 1.29 is 24.0 Å². The Morgan fingerprint density at radius 1 is 1.05 bits per heavy atom. The second kappa shape index (κ2) is 11.5. The summed E-state index contributed by atoms with van der Waals surface area (Å²) in [6.07, 6.45) is 2.29. The van der Waals surface area contributed by atoms with Gasteiger partial charge in [-0.25, -0.2) is 10.2 Å². The smallest absolute Gasteiger partial charge is 0.343 e. The number of hydrogen-bond donors (Lipinski definition) is 1. The molecule has 0 aromatic heterocycles. The maximum atomic E-state index is 12.6. The molecule has 39 heavy (non-hydrogen) atoms. The zero-order valence-corrected chi connectivity index (χ0v) is 22.3. The van der Waals surface area contributed by atoms with E-state index in [1.165, 1.54) is 36.0 Å². The molecule has 0 heterocycles. The third-order valence-electron chi connectivity index (χ3n) is 6.50. The molecular weight excluding hydrogens is 498 g/mol.